The number of amides is 2. The van der Waals surface area contributed by atoms with Gasteiger partial charge in [0.15, 0.2) is 0 Å². The molecule has 0 saturated carbocycles. The Balaban J connectivity index is 2.40. The predicted octanol–water partition coefficient (Wildman–Crippen LogP) is 2.29. The maximum Gasteiger partial charge on any atom is 0.240 e. The predicted molar refractivity (Wildman–Crippen MR) is 82.7 cm³/mol. The molecule has 6 heteroatoms. The van der Waals surface area contributed by atoms with Gasteiger partial charge in [0.25, 0.3) is 0 Å². The van der Waals surface area contributed by atoms with Crippen molar-refractivity contribution >= 4 is 23.6 Å². The molecule has 0 aliphatic carbocycles. The Labute approximate surface area is 129 Å². The Morgan fingerprint density at radius 3 is 2.33 bits per heavy atom. The van der Waals surface area contributed by atoms with E-state index in [0.29, 0.717) is 0 Å². The van der Waals surface area contributed by atoms with Crippen LogP contribution >= 0.6 is 11.8 Å². The van der Waals surface area contributed by atoms with E-state index in [1.807, 2.05) is 20.8 Å². The van der Waals surface area contributed by atoms with Gasteiger partial charge in [-0.2, -0.15) is 0 Å². The van der Waals surface area contributed by atoms with Crippen molar-refractivity contribution in [2.75, 3.05) is 19.3 Å². The molecule has 4 nitrogen and oxygen atoms in total. The van der Waals surface area contributed by atoms with Gasteiger partial charge >= 0.3 is 0 Å². The first-order valence-corrected chi connectivity index (χ1v) is 7.59. The molecule has 0 atom stereocenters. The monoisotopic (exact) mass is 312 g/mol. The van der Waals surface area contributed by atoms with E-state index in [9.17, 15) is 14.0 Å². The second-order valence-corrected chi connectivity index (χ2v) is 6.84. The highest BCUT2D eigenvalue weighted by molar-refractivity contribution is 8.00. The van der Waals surface area contributed by atoms with Gasteiger partial charge in [-0.3, -0.25) is 9.59 Å². The van der Waals surface area contributed by atoms with Crippen molar-refractivity contribution in [1.29, 1.82) is 0 Å². The molecule has 0 bridgehead atoms. The summed E-state index contributed by atoms with van der Waals surface area (Å²) < 4.78 is 12.8. The second kappa shape index (κ2) is 7.45. The van der Waals surface area contributed by atoms with E-state index in [0.717, 1.165) is 4.90 Å². The topological polar surface area (TPSA) is 49.4 Å². The third-order valence-electron chi connectivity index (χ3n) is 2.50. The van der Waals surface area contributed by atoms with E-state index in [-0.39, 0.29) is 35.5 Å². The van der Waals surface area contributed by atoms with Crippen LogP contribution in [0.1, 0.15) is 20.8 Å². The fourth-order valence-electron chi connectivity index (χ4n) is 1.55. The van der Waals surface area contributed by atoms with Crippen molar-refractivity contribution in [3.8, 4) is 0 Å². The zero-order valence-electron chi connectivity index (χ0n) is 12.8. The fourth-order valence-corrected chi connectivity index (χ4v) is 2.39. The summed E-state index contributed by atoms with van der Waals surface area (Å²) in [5.41, 5.74) is -0.316. The first-order valence-electron chi connectivity index (χ1n) is 6.61. The number of carbonyl (C=O) groups excluding carboxylic acids is 2. The van der Waals surface area contributed by atoms with Crippen LogP contribution in [0.25, 0.3) is 0 Å². The van der Waals surface area contributed by atoms with Crippen molar-refractivity contribution in [3.05, 3.63) is 30.1 Å². The molecule has 1 N–H and O–H groups in total. The Bertz CT molecular complexity index is 497. The lowest BCUT2D eigenvalue weighted by molar-refractivity contribution is -0.133. The zero-order valence-corrected chi connectivity index (χ0v) is 13.6. The molecule has 0 aliphatic rings. The Hall–Kier alpha value is -1.56. The van der Waals surface area contributed by atoms with Gasteiger partial charge in [-0.25, -0.2) is 4.39 Å². The van der Waals surface area contributed by atoms with Gasteiger partial charge in [0.2, 0.25) is 11.8 Å². The lowest BCUT2D eigenvalue weighted by Gasteiger charge is -2.23. The summed E-state index contributed by atoms with van der Waals surface area (Å²) in [6, 6.07) is 5.96. The summed E-state index contributed by atoms with van der Waals surface area (Å²) in [7, 11) is 1.59. The lowest BCUT2D eigenvalue weighted by atomic mass is 10.1. The number of nitrogens with one attached hydrogen (secondary N) is 1. The summed E-state index contributed by atoms with van der Waals surface area (Å²) in [4.78, 5) is 25.9. The molecule has 1 aromatic rings. The van der Waals surface area contributed by atoms with Gasteiger partial charge in [0.1, 0.15) is 5.82 Å². The van der Waals surface area contributed by atoms with E-state index >= 15 is 0 Å². The van der Waals surface area contributed by atoms with Crippen molar-refractivity contribution in [2.24, 2.45) is 0 Å². The van der Waals surface area contributed by atoms with Crippen LogP contribution < -0.4 is 5.32 Å². The van der Waals surface area contributed by atoms with E-state index in [1.165, 1.54) is 28.8 Å². The minimum absolute atomic E-state index is 0.0279. The number of carbonyl (C=O) groups is 2. The van der Waals surface area contributed by atoms with E-state index in [2.05, 4.69) is 5.32 Å². The van der Waals surface area contributed by atoms with Crippen molar-refractivity contribution in [2.45, 2.75) is 31.2 Å². The van der Waals surface area contributed by atoms with Gasteiger partial charge in [-0.15, -0.1) is 11.8 Å². The molecule has 0 fully saturated rings. The number of rotatable bonds is 5. The molecule has 1 aromatic carbocycles. The van der Waals surface area contributed by atoms with Crippen molar-refractivity contribution in [1.82, 2.24) is 10.2 Å². The highest BCUT2D eigenvalue weighted by Gasteiger charge is 2.17. The highest BCUT2D eigenvalue weighted by atomic mass is 32.2. The Morgan fingerprint density at radius 2 is 1.81 bits per heavy atom. The molecule has 2 amide bonds. The molecule has 0 radical (unpaired) electrons. The fraction of sp³-hybridized carbons (Fsp3) is 0.467. The molecule has 0 aliphatic heterocycles. The van der Waals surface area contributed by atoms with Crippen LogP contribution in [0.3, 0.4) is 0 Å². The Kier molecular flexibility index (Phi) is 6.20. The smallest absolute Gasteiger partial charge is 0.240 e. The highest BCUT2D eigenvalue weighted by Crippen LogP contribution is 2.18. The molecular formula is C15H21FN2O2S. The Morgan fingerprint density at radius 1 is 1.24 bits per heavy atom. The number of hydrogen-bond acceptors (Lipinski definition) is 3. The summed E-state index contributed by atoms with van der Waals surface area (Å²) in [6.07, 6.45) is 0. The number of hydrogen-bond donors (Lipinski definition) is 1. The number of thioether (sulfide) groups is 1. The molecule has 1 rings (SSSR count). The quantitative estimate of drug-likeness (QED) is 0.849. The molecule has 0 heterocycles. The number of likely N-dealkylation sites (N-methyl/N-ethyl adjacent to an activating group) is 1. The molecule has 116 valence electrons. The first kappa shape index (κ1) is 17.5. The van der Waals surface area contributed by atoms with E-state index in [1.54, 1.807) is 19.2 Å². The van der Waals surface area contributed by atoms with Crippen LogP contribution in [0.15, 0.2) is 29.2 Å². The normalized spacial score (nSPS) is 11.1. The van der Waals surface area contributed by atoms with Crippen molar-refractivity contribution in [3.63, 3.8) is 0 Å². The third kappa shape index (κ3) is 7.13. The van der Waals surface area contributed by atoms with E-state index < -0.39 is 0 Å². The van der Waals surface area contributed by atoms with Crippen LogP contribution in [0.5, 0.6) is 0 Å². The zero-order chi connectivity index (χ0) is 16.0. The number of nitrogens with zero attached hydrogens (tertiary/aromatic N) is 1. The largest absolute Gasteiger partial charge is 0.350 e. The lowest BCUT2D eigenvalue weighted by Crippen LogP contribution is -2.46. The number of halogens is 1. The number of benzene rings is 1. The second-order valence-electron chi connectivity index (χ2n) is 5.79. The van der Waals surface area contributed by atoms with Crippen LogP contribution in [0, 0.1) is 5.82 Å². The maximum absolute atomic E-state index is 12.8. The SMILES string of the molecule is CN(CC(=O)NC(C)(C)C)C(=O)CSc1ccc(F)cc1. The molecule has 21 heavy (non-hydrogen) atoms. The minimum Gasteiger partial charge on any atom is -0.350 e. The molecule has 0 unspecified atom stereocenters. The van der Waals surface area contributed by atoms with Gasteiger partial charge < -0.3 is 10.2 Å². The standard InChI is InChI=1S/C15H21FN2O2S/c1-15(2,3)17-13(19)9-18(4)14(20)10-21-12-7-5-11(16)6-8-12/h5-8H,9-10H2,1-4H3,(H,17,19). The summed E-state index contributed by atoms with van der Waals surface area (Å²) in [5.74, 6) is -0.426. The van der Waals surface area contributed by atoms with Gasteiger partial charge in [-0.05, 0) is 45.0 Å². The van der Waals surface area contributed by atoms with Crippen LogP contribution in [-0.2, 0) is 9.59 Å². The third-order valence-corrected chi connectivity index (χ3v) is 3.49. The van der Waals surface area contributed by atoms with Gasteiger partial charge in [0, 0.05) is 17.5 Å². The molecule has 0 spiro atoms. The minimum atomic E-state index is -0.316. The molecule has 0 saturated heterocycles. The average molecular weight is 312 g/mol. The van der Waals surface area contributed by atoms with Crippen LogP contribution in [-0.4, -0.2) is 41.6 Å². The van der Waals surface area contributed by atoms with Crippen molar-refractivity contribution < 1.29 is 14.0 Å². The van der Waals surface area contributed by atoms with Gasteiger partial charge in [0.05, 0.1) is 12.3 Å². The maximum atomic E-state index is 12.8. The molecular weight excluding hydrogens is 291 g/mol. The van der Waals surface area contributed by atoms with Crippen LogP contribution in [0.2, 0.25) is 0 Å². The summed E-state index contributed by atoms with van der Waals surface area (Å²) in [5, 5.41) is 2.80. The molecule has 0 aromatic heterocycles. The summed E-state index contributed by atoms with van der Waals surface area (Å²) in [6.45, 7) is 5.69. The summed E-state index contributed by atoms with van der Waals surface area (Å²) >= 11 is 1.32. The average Bonchev–Trinajstić information content (AvgIpc) is 2.35. The van der Waals surface area contributed by atoms with Crippen LogP contribution in [0.4, 0.5) is 4.39 Å². The van der Waals surface area contributed by atoms with E-state index in [4.69, 9.17) is 0 Å². The van der Waals surface area contributed by atoms with Gasteiger partial charge in [-0.1, -0.05) is 0 Å². The first-order chi connectivity index (χ1) is 9.67.